The van der Waals surface area contributed by atoms with Gasteiger partial charge in [-0.1, -0.05) is 30.3 Å². The van der Waals surface area contributed by atoms with Crippen molar-refractivity contribution in [1.29, 1.82) is 0 Å². The second-order valence-corrected chi connectivity index (χ2v) is 8.11. The molecule has 1 N–H and O–H groups in total. The van der Waals surface area contributed by atoms with Crippen molar-refractivity contribution in [3.05, 3.63) is 35.9 Å². The van der Waals surface area contributed by atoms with Crippen molar-refractivity contribution in [2.24, 2.45) is 5.41 Å². The van der Waals surface area contributed by atoms with Crippen LogP contribution in [0.25, 0.3) is 0 Å². The third kappa shape index (κ3) is 4.79. The number of hydrogen-bond acceptors (Lipinski definition) is 3. The third-order valence-corrected chi connectivity index (χ3v) is 5.36. The number of benzene rings is 1. The highest BCUT2D eigenvalue weighted by Crippen LogP contribution is 2.39. The fourth-order valence-corrected chi connectivity index (χ4v) is 4.41. The molecule has 2 saturated heterocycles. The lowest BCUT2D eigenvalue weighted by Crippen LogP contribution is -2.51. The molecule has 2 fully saturated rings. The minimum absolute atomic E-state index is 0.00635. The molecule has 0 saturated carbocycles. The summed E-state index contributed by atoms with van der Waals surface area (Å²) >= 11 is 0. The summed E-state index contributed by atoms with van der Waals surface area (Å²) in [6.45, 7) is 11.2. The Bertz CT molecular complexity index is 482. The van der Waals surface area contributed by atoms with Crippen molar-refractivity contribution in [2.45, 2.75) is 51.7 Å². The van der Waals surface area contributed by atoms with E-state index in [2.05, 4.69) is 54.4 Å². The molecule has 2 heterocycles. The minimum Gasteiger partial charge on any atom is -0.376 e. The fourth-order valence-electron chi connectivity index (χ4n) is 4.41. The maximum absolute atomic E-state index is 6.00. The van der Waals surface area contributed by atoms with Gasteiger partial charge in [0.05, 0.1) is 5.60 Å². The van der Waals surface area contributed by atoms with E-state index in [1.807, 2.05) is 0 Å². The van der Waals surface area contributed by atoms with Crippen LogP contribution in [0, 0.1) is 5.41 Å². The van der Waals surface area contributed by atoms with Gasteiger partial charge in [0, 0.05) is 31.7 Å². The van der Waals surface area contributed by atoms with Crippen LogP contribution < -0.4 is 5.32 Å². The molecular weight excluding hydrogens is 284 g/mol. The van der Waals surface area contributed by atoms with Crippen LogP contribution >= 0.6 is 0 Å². The van der Waals surface area contributed by atoms with Gasteiger partial charge in [-0.05, 0) is 58.2 Å². The van der Waals surface area contributed by atoms with Crippen molar-refractivity contribution >= 4 is 0 Å². The van der Waals surface area contributed by atoms with E-state index >= 15 is 0 Å². The van der Waals surface area contributed by atoms with Gasteiger partial charge < -0.3 is 15.0 Å². The standard InChI is InChI=1S/C20H32N2O/c1-19(2)15-20(10-13-23-19,17-22-11-6-7-12-22)16-21-14-18-8-4-3-5-9-18/h3-5,8-9,21H,6-7,10-17H2,1-2H3/t20-/m0/s1. The number of hydrogen-bond donors (Lipinski definition) is 1. The molecule has 0 spiro atoms. The van der Waals surface area contributed by atoms with Crippen molar-refractivity contribution < 1.29 is 4.74 Å². The molecule has 0 radical (unpaired) electrons. The van der Waals surface area contributed by atoms with Gasteiger partial charge in [0.2, 0.25) is 0 Å². The van der Waals surface area contributed by atoms with Crippen LogP contribution in [0.5, 0.6) is 0 Å². The Morgan fingerprint density at radius 3 is 2.57 bits per heavy atom. The fraction of sp³-hybridized carbons (Fsp3) is 0.700. The molecular formula is C20H32N2O. The Kier molecular flexibility index (Phi) is 5.40. The molecule has 2 aliphatic rings. The maximum atomic E-state index is 6.00. The highest BCUT2D eigenvalue weighted by molar-refractivity contribution is 5.14. The lowest BCUT2D eigenvalue weighted by atomic mass is 9.73. The van der Waals surface area contributed by atoms with E-state index in [9.17, 15) is 0 Å². The summed E-state index contributed by atoms with van der Waals surface area (Å²) < 4.78 is 6.00. The predicted octanol–water partition coefficient (Wildman–Crippen LogP) is 3.45. The molecule has 1 aromatic carbocycles. The summed E-state index contributed by atoms with van der Waals surface area (Å²) in [5.41, 5.74) is 1.72. The van der Waals surface area contributed by atoms with Crippen LogP contribution in [-0.4, -0.2) is 43.3 Å². The number of nitrogens with one attached hydrogen (secondary N) is 1. The normalized spacial score (nSPS) is 28.1. The first-order valence-corrected chi connectivity index (χ1v) is 9.18. The molecule has 23 heavy (non-hydrogen) atoms. The van der Waals surface area contributed by atoms with Crippen LogP contribution in [0.1, 0.15) is 45.1 Å². The van der Waals surface area contributed by atoms with Crippen molar-refractivity contribution in [3.8, 4) is 0 Å². The lowest BCUT2D eigenvalue weighted by Gasteiger charge is -2.47. The van der Waals surface area contributed by atoms with Gasteiger partial charge in [0.1, 0.15) is 0 Å². The molecule has 1 aromatic rings. The minimum atomic E-state index is 0.00635. The van der Waals surface area contributed by atoms with Gasteiger partial charge in [0.15, 0.2) is 0 Å². The van der Waals surface area contributed by atoms with Gasteiger partial charge in [-0.25, -0.2) is 0 Å². The van der Waals surface area contributed by atoms with Crippen LogP contribution in [0.4, 0.5) is 0 Å². The largest absolute Gasteiger partial charge is 0.376 e. The van der Waals surface area contributed by atoms with E-state index in [4.69, 9.17) is 4.74 Å². The number of likely N-dealkylation sites (tertiary alicyclic amines) is 1. The zero-order chi connectivity index (χ0) is 16.2. The number of ether oxygens (including phenoxy) is 1. The Balaban J connectivity index is 1.62. The molecule has 0 bridgehead atoms. The van der Waals surface area contributed by atoms with E-state index in [0.717, 1.165) is 26.1 Å². The van der Waals surface area contributed by atoms with Crippen molar-refractivity contribution in [3.63, 3.8) is 0 Å². The van der Waals surface area contributed by atoms with E-state index < -0.39 is 0 Å². The molecule has 0 aliphatic carbocycles. The summed E-state index contributed by atoms with van der Waals surface area (Å²) in [6, 6.07) is 10.7. The molecule has 3 rings (SSSR count). The first-order chi connectivity index (χ1) is 11.1. The van der Waals surface area contributed by atoms with Gasteiger partial charge in [-0.3, -0.25) is 0 Å². The van der Waals surface area contributed by atoms with Crippen molar-refractivity contribution in [1.82, 2.24) is 10.2 Å². The maximum Gasteiger partial charge on any atom is 0.0632 e. The Labute approximate surface area is 141 Å². The molecule has 128 valence electrons. The molecule has 0 unspecified atom stereocenters. The van der Waals surface area contributed by atoms with E-state index in [-0.39, 0.29) is 5.60 Å². The summed E-state index contributed by atoms with van der Waals surface area (Å²) in [5, 5.41) is 3.74. The van der Waals surface area contributed by atoms with E-state index in [0.29, 0.717) is 5.41 Å². The van der Waals surface area contributed by atoms with Crippen LogP contribution in [0.2, 0.25) is 0 Å². The van der Waals surface area contributed by atoms with E-state index in [1.165, 1.54) is 44.5 Å². The van der Waals surface area contributed by atoms with Crippen LogP contribution in [-0.2, 0) is 11.3 Å². The number of nitrogens with zero attached hydrogens (tertiary/aromatic N) is 1. The Morgan fingerprint density at radius 2 is 1.87 bits per heavy atom. The summed E-state index contributed by atoms with van der Waals surface area (Å²) in [7, 11) is 0. The number of rotatable bonds is 6. The average molecular weight is 316 g/mol. The van der Waals surface area contributed by atoms with Gasteiger partial charge in [-0.15, -0.1) is 0 Å². The topological polar surface area (TPSA) is 24.5 Å². The average Bonchev–Trinajstić information content (AvgIpc) is 3.00. The summed E-state index contributed by atoms with van der Waals surface area (Å²) in [5.74, 6) is 0. The molecule has 3 nitrogen and oxygen atoms in total. The van der Waals surface area contributed by atoms with Crippen LogP contribution in [0.3, 0.4) is 0 Å². The van der Waals surface area contributed by atoms with E-state index in [1.54, 1.807) is 0 Å². The highest BCUT2D eigenvalue weighted by atomic mass is 16.5. The predicted molar refractivity (Wildman–Crippen MR) is 95.5 cm³/mol. The molecule has 3 heteroatoms. The summed E-state index contributed by atoms with van der Waals surface area (Å²) in [4.78, 5) is 2.67. The monoisotopic (exact) mass is 316 g/mol. The quantitative estimate of drug-likeness (QED) is 0.870. The van der Waals surface area contributed by atoms with Crippen molar-refractivity contribution in [2.75, 3.05) is 32.8 Å². The second kappa shape index (κ2) is 7.33. The van der Waals surface area contributed by atoms with Gasteiger partial charge >= 0.3 is 0 Å². The van der Waals surface area contributed by atoms with Gasteiger partial charge in [-0.2, -0.15) is 0 Å². The first kappa shape index (κ1) is 16.9. The lowest BCUT2D eigenvalue weighted by molar-refractivity contribution is -0.110. The Hall–Kier alpha value is -0.900. The Morgan fingerprint density at radius 1 is 1.13 bits per heavy atom. The molecule has 2 aliphatic heterocycles. The highest BCUT2D eigenvalue weighted by Gasteiger charge is 2.41. The first-order valence-electron chi connectivity index (χ1n) is 9.18. The van der Waals surface area contributed by atoms with Gasteiger partial charge in [0.25, 0.3) is 0 Å². The molecule has 0 aromatic heterocycles. The zero-order valence-electron chi connectivity index (χ0n) is 14.8. The molecule has 0 amide bonds. The third-order valence-electron chi connectivity index (χ3n) is 5.36. The molecule has 1 atom stereocenters. The second-order valence-electron chi connectivity index (χ2n) is 8.11. The zero-order valence-corrected chi connectivity index (χ0v) is 14.8. The SMILES string of the molecule is CC1(C)C[C@@](CNCc2ccccc2)(CN2CCCC2)CCO1. The summed E-state index contributed by atoms with van der Waals surface area (Å²) in [6.07, 6.45) is 5.06. The van der Waals surface area contributed by atoms with Crippen LogP contribution in [0.15, 0.2) is 30.3 Å². The smallest absolute Gasteiger partial charge is 0.0632 e.